The SMILES string of the molecule is Cc1nc(C)nc(-c2ccc3c4ccc(-c5nc(C)nc(C)n5)cc4n(-c4cc(C#N)c(-c5cc(C(F)(F)F)cc(C(F)(F)F)c5)cc4-n4c5cc(-c6nc(C)nc(C)n6)ccc5c5ccc(-c6nc(C)nc(C)n6)cc54)c3c2)n1. The van der Waals surface area contributed by atoms with Crippen molar-refractivity contribution >= 4 is 43.6 Å². The summed E-state index contributed by atoms with van der Waals surface area (Å²) in [5.41, 5.74) is 0.993. The molecule has 6 aromatic heterocycles. The number of hydrogen-bond acceptors (Lipinski definition) is 13. The molecule has 80 heavy (non-hydrogen) atoms. The first-order valence-corrected chi connectivity index (χ1v) is 24.9. The summed E-state index contributed by atoms with van der Waals surface area (Å²) in [4.78, 5) is 55.0. The van der Waals surface area contributed by atoms with Gasteiger partial charge >= 0.3 is 12.4 Å². The third-order valence-electron chi connectivity index (χ3n) is 13.6. The second-order valence-electron chi connectivity index (χ2n) is 19.4. The van der Waals surface area contributed by atoms with Crippen molar-refractivity contribution in [1.29, 1.82) is 5.26 Å². The monoisotopic (exact) mass is 1070 g/mol. The molecule has 0 saturated carbocycles. The Balaban J connectivity index is 1.28. The number of nitriles is 1. The van der Waals surface area contributed by atoms with Crippen LogP contribution in [0.4, 0.5) is 26.3 Å². The number of aromatic nitrogens is 14. The summed E-state index contributed by atoms with van der Waals surface area (Å²) in [5.74, 6) is 5.25. The van der Waals surface area contributed by atoms with Gasteiger partial charge < -0.3 is 9.13 Å². The fourth-order valence-corrected chi connectivity index (χ4v) is 10.5. The molecule has 0 atom stereocenters. The van der Waals surface area contributed by atoms with Crippen molar-refractivity contribution < 1.29 is 26.3 Å². The van der Waals surface area contributed by atoms with E-state index in [0.29, 0.717) is 143 Å². The fourth-order valence-electron chi connectivity index (χ4n) is 10.5. The van der Waals surface area contributed by atoms with Crippen molar-refractivity contribution in [1.82, 2.24) is 68.9 Å². The van der Waals surface area contributed by atoms with Gasteiger partial charge in [-0.05, 0) is 116 Å². The molecule has 15 nitrogen and oxygen atoms in total. The van der Waals surface area contributed by atoms with Crippen LogP contribution in [0.25, 0.3) is 112 Å². The summed E-state index contributed by atoms with van der Waals surface area (Å²) in [7, 11) is 0. The topological polar surface area (TPSA) is 188 Å². The number of halogens is 6. The first-order chi connectivity index (χ1) is 38.1. The highest BCUT2D eigenvalue weighted by Crippen LogP contribution is 2.45. The minimum atomic E-state index is -5.20. The van der Waals surface area contributed by atoms with Crippen LogP contribution in [0.5, 0.6) is 0 Å². The fraction of sp³-hybridized carbons (Fsp3) is 0.169. The molecule has 6 heterocycles. The van der Waals surface area contributed by atoms with Gasteiger partial charge in [0.05, 0.1) is 56.2 Å². The van der Waals surface area contributed by atoms with Gasteiger partial charge in [0, 0.05) is 49.4 Å². The van der Waals surface area contributed by atoms with Crippen LogP contribution < -0.4 is 0 Å². The number of fused-ring (bicyclic) bond motifs is 6. The maximum Gasteiger partial charge on any atom is 0.416 e. The van der Waals surface area contributed by atoms with Gasteiger partial charge in [-0.3, -0.25) is 0 Å². The molecular formula is C59H41F6N15. The quantitative estimate of drug-likeness (QED) is 0.137. The highest BCUT2D eigenvalue weighted by molar-refractivity contribution is 6.13. The van der Waals surface area contributed by atoms with Crippen molar-refractivity contribution in [3.8, 4) is 74.1 Å². The molecule has 0 aliphatic heterocycles. The van der Waals surface area contributed by atoms with Gasteiger partial charge in [-0.15, -0.1) is 0 Å². The maximum absolute atomic E-state index is 14.8. The van der Waals surface area contributed by atoms with Gasteiger partial charge in [-0.1, -0.05) is 48.5 Å². The van der Waals surface area contributed by atoms with E-state index in [2.05, 4.69) is 65.9 Å². The lowest BCUT2D eigenvalue weighted by Gasteiger charge is -2.21. The molecule has 0 spiro atoms. The summed E-state index contributed by atoms with van der Waals surface area (Å²) >= 11 is 0. The van der Waals surface area contributed by atoms with Gasteiger partial charge in [0.25, 0.3) is 0 Å². The Morgan fingerprint density at radius 1 is 0.338 bits per heavy atom. The van der Waals surface area contributed by atoms with Crippen molar-refractivity contribution in [3.05, 3.63) is 166 Å². The van der Waals surface area contributed by atoms with Crippen molar-refractivity contribution in [2.75, 3.05) is 0 Å². The van der Waals surface area contributed by atoms with Gasteiger partial charge in [-0.2, -0.15) is 31.6 Å². The number of rotatable bonds is 7. The molecule has 0 unspecified atom stereocenters. The van der Waals surface area contributed by atoms with Crippen molar-refractivity contribution in [3.63, 3.8) is 0 Å². The predicted octanol–water partition coefficient (Wildman–Crippen LogP) is 13.3. The highest BCUT2D eigenvalue weighted by Gasteiger charge is 2.38. The standard InChI is InChI=1S/C59H41F6N15/c1-27-67-28(2)72-54(71-27)35-9-13-43-44-14-10-36(55-73-29(3)68-30(4)74-55)20-49(44)79(48(43)19-35)52-23-40(26-66)47(39-17-41(58(60,61)62)24-42(18-39)59(63,64)65)25-53(52)80-50-21-37(56-75-31(5)69-32(6)76-56)11-15-45(50)46-16-12-38(22-51(46)80)57-77-33(7)70-34(8)78-57/h9-25H,1-8H3. The molecular weight excluding hydrogens is 1030 g/mol. The zero-order chi connectivity index (χ0) is 56.3. The van der Waals surface area contributed by atoms with E-state index in [0.717, 1.165) is 10.8 Å². The lowest BCUT2D eigenvalue weighted by atomic mass is 9.94. The second kappa shape index (κ2) is 18.6. The van der Waals surface area contributed by atoms with Crippen molar-refractivity contribution in [2.45, 2.75) is 67.7 Å². The third-order valence-corrected chi connectivity index (χ3v) is 13.6. The van der Waals surface area contributed by atoms with Crippen LogP contribution >= 0.6 is 0 Å². The van der Waals surface area contributed by atoms with E-state index in [9.17, 15) is 31.6 Å². The average Bonchev–Trinajstić information content (AvgIpc) is 4.14. The minimum Gasteiger partial charge on any atom is -0.307 e. The Morgan fingerprint density at radius 2 is 0.613 bits per heavy atom. The Bertz CT molecular complexity index is 4320. The molecule has 12 rings (SSSR count). The summed E-state index contributed by atoms with van der Waals surface area (Å²) < 4.78 is 92.6. The molecule has 0 saturated heterocycles. The van der Waals surface area contributed by atoms with Crippen molar-refractivity contribution in [2.24, 2.45) is 0 Å². The van der Waals surface area contributed by atoms with E-state index >= 15 is 0 Å². The van der Waals surface area contributed by atoms with E-state index in [-0.39, 0.29) is 22.9 Å². The molecule has 0 bridgehead atoms. The molecule has 0 amide bonds. The van der Waals surface area contributed by atoms with Crippen LogP contribution in [-0.4, -0.2) is 68.9 Å². The van der Waals surface area contributed by atoms with E-state index in [1.807, 2.05) is 81.9 Å². The number of aryl methyl sites for hydroxylation is 8. The largest absolute Gasteiger partial charge is 0.416 e. The van der Waals surface area contributed by atoms with Gasteiger partial charge in [-0.25, -0.2) is 59.8 Å². The highest BCUT2D eigenvalue weighted by atomic mass is 19.4. The molecule has 0 aliphatic carbocycles. The Kier molecular flexibility index (Phi) is 11.8. The minimum absolute atomic E-state index is 0.0638. The van der Waals surface area contributed by atoms with E-state index in [1.54, 1.807) is 55.4 Å². The zero-order valence-corrected chi connectivity index (χ0v) is 43.8. The summed E-state index contributed by atoms with van der Waals surface area (Å²) in [6.45, 7) is 14.0. The summed E-state index contributed by atoms with van der Waals surface area (Å²) in [6, 6.07) is 29.1. The van der Waals surface area contributed by atoms with Gasteiger partial charge in [0.1, 0.15) is 46.6 Å². The Morgan fingerprint density at radius 3 is 0.875 bits per heavy atom. The molecule has 6 aromatic carbocycles. The van der Waals surface area contributed by atoms with Crippen LogP contribution in [0.1, 0.15) is 63.3 Å². The Labute approximate surface area is 450 Å². The predicted molar refractivity (Wildman–Crippen MR) is 288 cm³/mol. The zero-order valence-electron chi connectivity index (χ0n) is 43.8. The van der Waals surface area contributed by atoms with Gasteiger partial charge in [0.2, 0.25) is 0 Å². The van der Waals surface area contributed by atoms with Crippen LogP contribution in [0.3, 0.4) is 0 Å². The lowest BCUT2D eigenvalue weighted by Crippen LogP contribution is -2.11. The van der Waals surface area contributed by atoms with Crippen LogP contribution in [0.2, 0.25) is 0 Å². The first-order valence-electron chi connectivity index (χ1n) is 24.9. The summed E-state index contributed by atoms with van der Waals surface area (Å²) in [6.07, 6.45) is -10.4. The van der Waals surface area contributed by atoms with Crippen LogP contribution in [0.15, 0.2) is 103 Å². The molecule has 0 N–H and O–H groups in total. The summed E-state index contributed by atoms with van der Waals surface area (Å²) in [5, 5.41) is 14.1. The van der Waals surface area contributed by atoms with E-state index in [1.165, 1.54) is 12.1 Å². The molecule has 394 valence electrons. The molecule has 0 fully saturated rings. The second-order valence-corrected chi connectivity index (χ2v) is 19.4. The number of alkyl halides is 6. The number of benzene rings is 6. The van der Waals surface area contributed by atoms with E-state index < -0.39 is 29.0 Å². The first kappa shape index (κ1) is 50.8. The number of hydrogen-bond donors (Lipinski definition) is 0. The smallest absolute Gasteiger partial charge is 0.307 e. The maximum atomic E-state index is 14.8. The number of nitrogens with zero attached hydrogens (tertiary/aromatic N) is 15. The lowest BCUT2D eigenvalue weighted by molar-refractivity contribution is -0.143. The van der Waals surface area contributed by atoms with E-state index in [4.69, 9.17) is 0 Å². The molecule has 12 aromatic rings. The van der Waals surface area contributed by atoms with Crippen LogP contribution in [-0.2, 0) is 12.4 Å². The van der Waals surface area contributed by atoms with Crippen LogP contribution in [0, 0.1) is 66.7 Å². The van der Waals surface area contributed by atoms with Gasteiger partial charge in [0.15, 0.2) is 23.3 Å². The normalized spacial score (nSPS) is 12.1. The molecule has 21 heteroatoms. The third kappa shape index (κ3) is 9.03. The average molecular weight is 1070 g/mol. The molecule has 0 radical (unpaired) electrons. The Hall–Kier alpha value is -9.97. The molecule has 0 aliphatic rings.